The monoisotopic (exact) mass is 389 g/mol. The highest BCUT2D eigenvalue weighted by molar-refractivity contribution is 5.74. The molecule has 0 bridgehead atoms. The molecule has 0 fully saturated rings. The predicted molar refractivity (Wildman–Crippen MR) is 119 cm³/mol. The van der Waals surface area contributed by atoms with E-state index < -0.39 is 0 Å². The van der Waals surface area contributed by atoms with Gasteiger partial charge in [-0.25, -0.2) is 5.48 Å². The molecule has 0 unspecified atom stereocenters. The van der Waals surface area contributed by atoms with Gasteiger partial charge in [0.15, 0.2) is 0 Å². The number of hydrogen-bond donors (Lipinski definition) is 1. The van der Waals surface area contributed by atoms with E-state index in [9.17, 15) is 4.79 Å². The van der Waals surface area contributed by atoms with Crippen LogP contribution in [0.3, 0.4) is 0 Å². The molecule has 28 heavy (non-hydrogen) atoms. The van der Waals surface area contributed by atoms with Crippen molar-refractivity contribution in [2.75, 3.05) is 0 Å². The van der Waals surface area contributed by atoms with Crippen LogP contribution in [0.25, 0.3) is 0 Å². The normalized spacial score (nSPS) is 10.9. The van der Waals surface area contributed by atoms with Crippen molar-refractivity contribution < 1.29 is 9.63 Å². The minimum absolute atomic E-state index is 0.00868. The van der Waals surface area contributed by atoms with Crippen LogP contribution in [-0.4, -0.2) is 5.91 Å². The molecule has 0 aliphatic rings. The Hall–Kier alpha value is -1.35. The molecular formula is C25H43NO2. The fraction of sp³-hybridized carbons (Fsp3) is 0.720. The van der Waals surface area contributed by atoms with Crippen LogP contribution in [0.15, 0.2) is 30.3 Å². The number of benzene rings is 1. The van der Waals surface area contributed by atoms with Gasteiger partial charge in [0.25, 0.3) is 0 Å². The molecule has 0 saturated carbocycles. The lowest BCUT2D eigenvalue weighted by atomic mass is 10.0. The summed E-state index contributed by atoms with van der Waals surface area (Å²) in [5.41, 5.74) is 3.61. The third-order valence-electron chi connectivity index (χ3n) is 5.28. The van der Waals surface area contributed by atoms with Gasteiger partial charge in [-0.15, -0.1) is 0 Å². The van der Waals surface area contributed by atoms with Crippen molar-refractivity contribution in [1.82, 2.24) is 5.48 Å². The standard InChI is InChI=1S/C25H43NO2/c1-2-3-4-5-6-7-8-9-10-11-12-13-14-15-19-22-25(27)26-28-23-24-20-17-16-18-21-24/h16-18,20-21H,2-15,19,22-23H2,1H3,(H,26,27). The molecule has 1 N–H and O–H groups in total. The van der Waals surface area contributed by atoms with Crippen molar-refractivity contribution in [3.8, 4) is 0 Å². The first-order valence-electron chi connectivity index (χ1n) is 11.8. The second-order valence-corrected chi connectivity index (χ2v) is 8.00. The maximum absolute atomic E-state index is 11.7. The average Bonchev–Trinajstić information content (AvgIpc) is 2.71. The molecule has 0 spiro atoms. The van der Waals surface area contributed by atoms with Crippen molar-refractivity contribution >= 4 is 5.91 Å². The second kappa shape index (κ2) is 19.0. The Labute approximate surface area is 173 Å². The van der Waals surface area contributed by atoms with Crippen LogP contribution in [0.5, 0.6) is 0 Å². The fourth-order valence-corrected chi connectivity index (χ4v) is 3.48. The number of nitrogens with one attached hydrogen (secondary N) is 1. The molecule has 160 valence electrons. The highest BCUT2D eigenvalue weighted by atomic mass is 16.6. The van der Waals surface area contributed by atoms with Gasteiger partial charge < -0.3 is 0 Å². The number of hydroxylamine groups is 1. The van der Waals surface area contributed by atoms with Crippen molar-refractivity contribution in [2.24, 2.45) is 0 Å². The third kappa shape index (κ3) is 15.7. The van der Waals surface area contributed by atoms with Crippen LogP contribution in [-0.2, 0) is 16.2 Å². The molecule has 1 aromatic rings. The maximum atomic E-state index is 11.7. The average molecular weight is 390 g/mol. The van der Waals surface area contributed by atoms with E-state index in [-0.39, 0.29) is 5.91 Å². The summed E-state index contributed by atoms with van der Waals surface area (Å²) in [6.07, 6.45) is 20.7. The van der Waals surface area contributed by atoms with Crippen LogP contribution in [0.4, 0.5) is 0 Å². The van der Waals surface area contributed by atoms with E-state index in [0.717, 1.165) is 18.4 Å². The number of unbranched alkanes of at least 4 members (excludes halogenated alkanes) is 14. The minimum atomic E-state index is -0.00868. The number of amides is 1. The van der Waals surface area contributed by atoms with E-state index >= 15 is 0 Å². The van der Waals surface area contributed by atoms with Crippen molar-refractivity contribution in [1.29, 1.82) is 0 Å². The molecule has 0 radical (unpaired) electrons. The van der Waals surface area contributed by atoms with E-state index in [0.29, 0.717) is 13.0 Å². The lowest BCUT2D eigenvalue weighted by Gasteiger charge is -2.06. The van der Waals surface area contributed by atoms with Crippen LogP contribution in [0.2, 0.25) is 0 Å². The zero-order chi connectivity index (χ0) is 20.1. The summed E-state index contributed by atoms with van der Waals surface area (Å²) in [5, 5.41) is 0. The van der Waals surface area contributed by atoms with Crippen molar-refractivity contribution in [3.63, 3.8) is 0 Å². The van der Waals surface area contributed by atoms with Gasteiger partial charge in [-0.3, -0.25) is 9.63 Å². The summed E-state index contributed by atoms with van der Waals surface area (Å²) in [5.74, 6) is -0.00868. The smallest absolute Gasteiger partial charge is 0.243 e. The first-order valence-corrected chi connectivity index (χ1v) is 11.8. The SMILES string of the molecule is CCCCCCCCCCCCCCCCCC(=O)NOCc1ccccc1. The van der Waals surface area contributed by atoms with E-state index in [2.05, 4.69) is 12.4 Å². The van der Waals surface area contributed by atoms with Crippen molar-refractivity contribution in [3.05, 3.63) is 35.9 Å². The van der Waals surface area contributed by atoms with Gasteiger partial charge in [0.1, 0.15) is 0 Å². The zero-order valence-corrected chi connectivity index (χ0v) is 18.2. The summed E-state index contributed by atoms with van der Waals surface area (Å²) in [7, 11) is 0. The molecule has 0 aliphatic heterocycles. The maximum Gasteiger partial charge on any atom is 0.243 e. The molecule has 0 aromatic heterocycles. The Morgan fingerprint density at radius 2 is 1.18 bits per heavy atom. The number of hydrogen-bond acceptors (Lipinski definition) is 2. The van der Waals surface area contributed by atoms with E-state index in [4.69, 9.17) is 4.84 Å². The van der Waals surface area contributed by atoms with E-state index in [1.165, 1.54) is 83.5 Å². The predicted octanol–water partition coefficient (Wildman–Crippen LogP) is 7.50. The van der Waals surface area contributed by atoms with Crippen LogP contribution < -0.4 is 5.48 Å². The van der Waals surface area contributed by atoms with Gasteiger partial charge in [0.05, 0.1) is 6.61 Å². The molecule has 1 amide bonds. The van der Waals surface area contributed by atoms with Gasteiger partial charge in [0, 0.05) is 6.42 Å². The van der Waals surface area contributed by atoms with Crippen LogP contribution in [0.1, 0.15) is 115 Å². The molecule has 0 saturated heterocycles. The van der Waals surface area contributed by atoms with Gasteiger partial charge in [-0.1, -0.05) is 127 Å². The molecule has 0 atom stereocenters. The van der Waals surface area contributed by atoms with E-state index in [1.807, 2.05) is 30.3 Å². The number of rotatable bonds is 19. The summed E-state index contributed by atoms with van der Waals surface area (Å²) in [4.78, 5) is 17.0. The van der Waals surface area contributed by atoms with Gasteiger partial charge >= 0.3 is 0 Å². The van der Waals surface area contributed by atoms with E-state index in [1.54, 1.807) is 0 Å². The first-order chi connectivity index (χ1) is 13.8. The summed E-state index contributed by atoms with van der Waals surface area (Å²) < 4.78 is 0. The molecule has 1 rings (SSSR count). The Balaban J connectivity index is 1.76. The molecule has 3 heteroatoms. The lowest BCUT2D eigenvalue weighted by Crippen LogP contribution is -2.23. The van der Waals surface area contributed by atoms with Gasteiger partial charge in [-0.05, 0) is 12.0 Å². The Kier molecular flexibility index (Phi) is 16.7. The quantitative estimate of drug-likeness (QED) is 0.196. The lowest BCUT2D eigenvalue weighted by molar-refractivity contribution is -0.134. The fourth-order valence-electron chi connectivity index (χ4n) is 3.48. The summed E-state index contributed by atoms with van der Waals surface area (Å²) in [6, 6.07) is 9.88. The van der Waals surface area contributed by atoms with Gasteiger partial charge in [-0.2, -0.15) is 0 Å². The molecular weight excluding hydrogens is 346 g/mol. The first kappa shape index (κ1) is 24.7. The molecule has 3 nitrogen and oxygen atoms in total. The van der Waals surface area contributed by atoms with Gasteiger partial charge in [0.2, 0.25) is 5.91 Å². The van der Waals surface area contributed by atoms with Crippen LogP contribution >= 0.6 is 0 Å². The highest BCUT2D eigenvalue weighted by Crippen LogP contribution is 2.13. The summed E-state index contributed by atoms with van der Waals surface area (Å²) >= 11 is 0. The molecule has 1 aromatic carbocycles. The van der Waals surface area contributed by atoms with Crippen molar-refractivity contribution in [2.45, 2.75) is 116 Å². The minimum Gasteiger partial charge on any atom is -0.273 e. The highest BCUT2D eigenvalue weighted by Gasteiger charge is 2.01. The zero-order valence-electron chi connectivity index (χ0n) is 18.2. The van der Waals surface area contributed by atoms with Crippen LogP contribution in [0, 0.1) is 0 Å². The molecule has 0 aliphatic carbocycles. The topological polar surface area (TPSA) is 38.3 Å². The largest absolute Gasteiger partial charge is 0.273 e. The number of carbonyl (C=O) groups is 1. The Morgan fingerprint density at radius 3 is 1.68 bits per heavy atom. The molecule has 0 heterocycles. The third-order valence-corrected chi connectivity index (χ3v) is 5.28. The number of carbonyl (C=O) groups excluding carboxylic acids is 1. The summed E-state index contributed by atoms with van der Waals surface area (Å²) in [6.45, 7) is 2.70. The Bertz CT molecular complexity index is 461. The second-order valence-electron chi connectivity index (χ2n) is 8.00. The Morgan fingerprint density at radius 1 is 0.714 bits per heavy atom.